The zero-order valence-electron chi connectivity index (χ0n) is 9.20. The van der Waals surface area contributed by atoms with Crippen LogP contribution in [0.25, 0.3) is 0 Å². The molecule has 0 spiro atoms. The summed E-state index contributed by atoms with van der Waals surface area (Å²) in [5, 5.41) is 9.28. The third-order valence-corrected chi connectivity index (χ3v) is 2.87. The number of rotatable bonds is 3. The minimum atomic E-state index is -0.219. The fourth-order valence-corrected chi connectivity index (χ4v) is 2.31. The number of hydrogen-bond acceptors (Lipinski definition) is 3. The van der Waals surface area contributed by atoms with E-state index in [1.807, 2.05) is 6.92 Å². The van der Waals surface area contributed by atoms with E-state index in [1.54, 1.807) is 0 Å². The van der Waals surface area contributed by atoms with Crippen molar-refractivity contribution in [2.45, 2.75) is 26.0 Å². The Morgan fingerprint density at radius 2 is 2.15 bits per heavy atom. The quantitative estimate of drug-likeness (QED) is 0.684. The van der Waals surface area contributed by atoms with Gasteiger partial charge in [0.2, 0.25) is 0 Å². The Hall–Kier alpha value is -0.120. The van der Waals surface area contributed by atoms with E-state index in [0.717, 1.165) is 13.1 Å². The molecule has 0 aliphatic carbocycles. The Morgan fingerprint density at radius 1 is 1.54 bits per heavy atom. The molecule has 1 aliphatic heterocycles. The third-order valence-electron chi connectivity index (χ3n) is 2.87. The van der Waals surface area contributed by atoms with E-state index in [1.165, 1.54) is 6.54 Å². The average molecular weight is 186 g/mol. The summed E-state index contributed by atoms with van der Waals surface area (Å²) in [4.78, 5) is 4.63. The van der Waals surface area contributed by atoms with E-state index in [0.29, 0.717) is 12.0 Å². The van der Waals surface area contributed by atoms with Gasteiger partial charge in [0.25, 0.3) is 0 Å². The number of aliphatic hydroxyl groups excluding tert-OH is 1. The van der Waals surface area contributed by atoms with Gasteiger partial charge >= 0.3 is 0 Å². The van der Waals surface area contributed by atoms with Crippen molar-refractivity contribution in [1.82, 2.24) is 9.80 Å². The maximum Gasteiger partial charge on any atom is 0.0639 e. The summed E-state index contributed by atoms with van der Waals surface area (Å²) in [7, 11) is 4.26. The van der Waals surface area contributed by atoms with Crippen LogP contribution in [0.1, 0.15) is 13.8 Å². The molecule has 0 aromatic rings. The SMILES string of the molecule is CC(O)CN(C)C1CN(C)CC1C. The van der Waals surface area contributed by atoms with E-state index < -0.39 is 0 Å². The Labute approximate surface area is 81.3 Å². The molecule has 1 N–H and O–H groups in total. The number of likely N-dealkylation sites (tertiary alicyclic amines) is 1. The molecule has 0 saturated carbocycles. The second kappa shape index (κ2) is 4.40. The van der Waals surface area contributed by atoms with Gasteiger partial charge in [-0.25, -0.2) is 0 Å². The van der Waals surface area contributed by atoms with E-state index in [-0.39, 0.29) is 6.10 Å². The highest BCUT2D eigenvalue weighted by Gasteiger charge is 2.30. The van der Waals surface area contributed by atoms with Crippen LogP contribution in [0.4, 0.5) is 0 Å². The summed E-state index contributed by atoms with van der Waals surface area (Å²) in [6.45, 7) is 7.22. The van der Waals surface area contributed by atoms with Gasteiger partial charge in [-0.3, -0.25) is 4.90 Å². The van der Waals surface area contributed by atoms with Crippen LogP contribution in [0.2, 0.25) is 0 Å². The van der Waals surface area contributed by atoms with Gasteiger partial charge in [0.05, 0.1) is 6.10 Å². The summed E-state index contributed by atoms with van der Waals surface area (Å²) in [5.74, 6) is 0.716. The molecular weight excluding hydrogens is 164 g/mol. The van der Waals surface area contributed by atoms with Crippen molar-refractivity contribution in [2.24, 2.45) is 5.92 Å². The monoisotopic (exact) mass is 186 g/mol. The lowest BCUT2D eigenvalue weighted by atomic mass is 10.1. The van der Waals surface area contributed by atoms with Gasteiger partial charge in [-0.05, 0) is 26.9 Å². The van der Waals surface area contributed by atoms with Crippen molar-refractivity contribution in [2.75, 3.05) is 33.7 Å². The average Bonchev–Trinajstić information content (AvgIpc) is 2.28. The van der Waals surface area contributed by atoms with Crippen LogP contribution < -0.4 is 0 Å². The molecule has 0 radical (unpaired) electrons. The molecule has 78 valence electrons. The molecule has 3 nitrogen and oxygen atoms in total. The summed E-state index contributed by atoms with van der Waals surface area (Å²) in [6.07, 6.45) is -0.219. The number of likely N-dealkylation sites (N-methyl/N-ethyl adjacent to an activating group) is 2. The first-order valence-corrected chi connectivity index (χ1v) is 5.07. The molecule has 0 bridgehead atoms. The van der Waals surface area contributed by atoms with Gasteiger partial charge in [-0.2, -0.15) is 0 Å². The molecule has 0 aromatic heterocycles. The van der Waals surface area contributed by atoms with Crippen molar-refractivity contribution < 1.29 is 5.11 Å². The van der Waals surface area contributed by atoms with E-state index in [4.69, 9.17) is 0 Å². The maximum atomic E-state index is 9.28. The van der Waals surface area contributed by atoms with Gasteiger partial charge in [-0.1, -0.05) is 6.92 Å². The first kappa shape index (κ1) is 11.0. The van der Waals surface area contributed by atoms with Crippen molar-refractivity contribution in [3.8, 4) is 0 Å². The largest absolute Gasteiger partial charge is 0.392 e. The summed E-state index contributed by atoms with van der Waals surface area (Å²) in [6, 6.07) is 0.611. The molecule has 3 unspecified atom stereocenters. The second-order valence-corrected chi connectivity index (χ2v) is 4.55. The highest BCUT2D eigenvalue weighted by atomic mass is 16.3. The van der Waals surface area contributed by atoms with Crippen LogP contribution in [0.5, 0.6) is 0 Å². The molecule has 1 saturated heterocycles. The first-order chi connectivity index (χ1) is 6.00. The smallest absolute Gasteiger partial charge is 0.0639 e. The second-order valence-electron chi connectivity index (χ2n) is 4.55. The normalized spacial score (nSPS) is 32.8. The fraction of sp³-hybridized carbons (Fsp3) is 1.00. The van der Waals surface area contributed by atoms with Gasteiger partial charge in [0, 0.05) is 25.7 Å². The van der Waals surface area contributed by atoms with Crippen LogP contribution in [-0.2, 0) is 0 Å². The zero-order chi connectivity index (χ0) is 10.0. The highest BCUT2D eigenvalue weighted by Crippen LogP contribution is 2.19. The Bertz CT molecular complexity index is 161. The minimum Gasteiger partial charge on any atom is -0.392 e. The molecule has 1 fully saturated rings. The summed E-state index contributed by atoms with van der Waals surface area (Å²) < 4.78 is 0. The van der Waals surface area contributed by atoms with Gasteiger partial charge in [0.15, 0.2) is 0 Å². The van der Waals surface area contributed by atoms with E-state index in [9.17, 15) is 5.11 Å². The summed E-state index contributed by atoms with van der Waals surface area (Å²) in [5.41, 5.74) is 0. The third kappa shape index (κ3) is 2.93. The van der Waals surface area contributed by atoms with Gasteiger partial charge in [0.1, 0.15) is 0 Å². The molecule has 0 amide bonds. The van der Waals surface area contributed by atoms with Crippen LogP contribution in [0.15, 0.2) is 0 Å². The molecule has 3 heteroatoms. The Balaban J connectivity index is 2.42. The number of aliphatic hydroxyl groups is 1. The number of hydrogen-bond donors (Lipinski definition) is 1. The van der Waals surface area contributed by atoms with Crippen LogP contribution in [0.3, 0.4) is 0 Å². The lowest BCUT2D eigenvalue weighted by molar-refractivity contribution is 0.109. The molecule has 3 atom stereocenters. The Morgan fingerprint density at radius 3 is 2.54 bits per heavy atom. The lowest BCUT2D eigenvalue weighted by Gasteiger charge is -2.28. The lowest BCUT2D eigenvalue weighted by Crippen LogP contribution is -2.40. The van der Waals surface area contributed by atoms with Gasteiger partial charge < -0.3 is 10.0 Å². The van der Waals surface area contributed by atoms with Gasteiger partial charge in [-0.15, -0.1) is 0 Å². The predicted molar refractivity (Wildman–Crippen MR) is 54.8 cm³/mol. The zero-order valence-corrected chi connectivity index (χ0v) is 9.20. The molecule has 0 aromatic carbocycles. The van der Waals surface area contributed by atoms with Crippen molar-refractivity contribution in [1.29, 1.82) is 0 Å². The van der Waals surface area contributed by atoms with Crippen molar-refractivity contribution >= 4 is 0 Å². The topological polar surface area (TPSA) is 26.7 Å². The van der Waals surface area contributed by atoms with Crippen molar-refractivity contribution in [3.05, 3.63) is 0 Å². The minimum absolute atomic E-state index is 0.219. The molecule has 1 rings (SSSR count). The van der Waals surface area contributed by atoms with Crippen molar-refractivity contribution in [3.63, 3.8) is 0 Å². The molecule has 1 heterocycles. The molecular formula is C10H22N2O. The molecule has 13 heavy (non-hydrogen) atoms. The number of nitrogens with zero attached hydrogens (tertiary/aromatic N) is 2. The van der Waals surface area contributed by atoms with Crippen LogP contribution in [-0.4, -0.2) is 60.8 Å². The van der Waals surface area contributed by atoms with Crippen LogP contribution >= 0.6 is 0 Å². The standard InChI is InChI=1S/C10H22N2O/c1-8-5-11(3)7-10(8)12(4)6-9(2)13/h8-10,13H,5-7H2,1-4H3. The van der Waals surface area contributed by atoms with Crippen LogP contribution in [0, 0.1) is 5.92 Å². The maximum absolute atomic E-state index is 9.28. The van der Waals surface area contributed by atoms with E-state index >= 15 is 0 Å². The Kier molecular flexibility index (Phi) is 3.71. The predicted octanol–water partition coefficient (Wildman–Crippen LogP) is 0.249. The first-order valence-electron chi connectivity index (χ1n) is 5.07. The highest BCUT2D eigenvalue weighted by molar-refractivity contribution is 4.86. The fourth-order valence-electron chi connectivity index (χ4n) is 2.31. The summed E-state index contributed by atoms with van der Waals surface area (Å²) >= 11 is 0. The van der Waals surface area contributed by atoms with E-state index in [2.05, 4.69) is 30.8 Å². The molecule has 1 aliphatic rings.